The van der Waals surface area contributed by atoms with Gasteiger partial charge in [-0.1, -0.05) is 18.2 Å². The summed E-state index contributed by atoms with van der Waals surface area (Å²) in [7, 11) is 0. The maximum Gasteiger partial charge on any atom is 0.404 e. The summed E-state index contributed by atoms with van der Waals surface area (Å²) in [6, 6.07) is 3.13. The van der Waals surface area contributed by atoms with Gasteiger partial charge in [0.1, 0.15) is 0 Å². The molecule has 1 aromatic rings. The van der Waals surface area contributed by atoms with Gasteiger partial charge in [-0.15, -0.1) is 0 Å². The second kappa shape index (κ2) is 4.08. The highest BCUT2D eigenvalue weighted by molar-refractivity contribution is 5.65. The molecule has 0 heterocycles. The molecule has 0 aromatic heterocycles. The van der Waals surface area contributed by atoms with Crippen LogP contribution in [0.15, 0.2) is 24.3 Å². The fourth-order valence-electron chi connectivity index (χ4n) is 3.11. The fourth-order valence-corrected chi connectivity index (χ4v) is 3.11. The molecule has 1 aromatic carbocycles. The van der Waals surface area contributed by atoms with Gasteiger partial charge in [-0.25, -0.2) is 4.79 Å². The average molecular weight is 260 g/mol. The molecule has 0 radical (unpaired) electrons. The highest BCUT2D eigenvalue weighted by atomic mass is 16.6. The van der Waals surface area contributed by atoms with Crippen molar-refractivity contribution in [2.75, 3.05) is 0 Å². The molecule has 2 N–H and O–H groups in total. The molecule has 0 aliphatic heterocycles. The summed E-state index contributed by atoms with van der Waals surface area (Å²) in [4.78, 5) is 21.3. The summed E-state index contributed by atoms with van der Waals surface area (Å²) in [6.45, 7) is 0.187. The van der Waals surface area contributed by atoms with Gasteiger partial charge in [-0.2, -0.15) is 0 Å². The molecule has 0 spiro atoms. The van der Waals surface area contributed by atoms with Gasteiger partial charge in [0.05, 0.1) is 4.92 Å². The molecular formula is C13H12N2O4. The highest BCUT2D eigenvalue weighted by Gasteiger charge is 2.39. The lowest BCUT2D eigenvalue weighted by atomic mass is 9.91. The molecule has 0 saturated heterocycles. The van der Waals surface area contributed by atoms with Gasteiger partial charge in [-0.3, -0.25) is 10.1 Å². The number of amides is 1. The van der Waals surface area contributed by atoms with Crippen molar-refractivity contribution in [3.05, 3.63) is 51.1 Å². The SMILES string of the molecule is O=C(O)NCc1ccc([N+](=O)[O-])c2c1C1C=CC2C1. The Balaban J connectivity index is 2.06. The summed E-state index contributed by atoms with van der Waals surface area (Å²) in [6.07, 6.45) is 3.83. The Labute approximate surface area is 108 Å². The van der Waals surface area contributed by atoms with E-state index < -0.39 is 6.09 Å². The van der Waals surface area contributed by atoms with E-state index in [2.05, 4.69) is 11.4 Å². The van der Waals surface area contributed by atoms with Crippen LogP contribution in [0.1, 0.15) is 34.9 Å². The van der Waals surface area contributed by atoms with Gasteiger partial charge < -0.3 is 10.4 Å². The second-order valence-electron chi connectivity index (χ2n) is 4.82. The van der Waals surface area contributed by atoms with E-state index in [0.29, 0.717) is 0 Å². The number of nitro benzene ring substituents is 1. The lowest BCUT2D eigenvalue weighted by Crippen LogP contribution is -2.21. The largest absolute Gasteiger partial charge is 0.465 e. The van der Waals surface area contributed by atoms with Crippen LogP contribution in [-0.2, 0) is 6.54 Å². The van der Waals surface area contributed by atoms with E-state index in [1.54, 1.807) is 6.07 Å². The molecule has 0 saturated carbocycles. The molecule has 19 heavy (non-hydrogen) atoms. The monoisotopic (exact) mass is 260 g/mol. The van der Waals surface area contributed by atoms with E-state index in [9.17, 15) is 14.9 Å². The van der Waals surface area contributed by atoms with Crippen LogP contribution in [0.3, 0.4) is 0 Å². The van der Waals surface area contributed by atoms with Crippen LogP contribution in [0.2, 0.25) is 0 Å². The average Bonchev–Trinajstić information content (AvgIpc) is 2.96. The van der Waals surface area contributed by atoms with Crippen molar-refractivity contribution >= 4 is 11.8 Å². The molecule has 2 bridgehead atoms. The van der Waals surface area contributed by atoms with Crippen molar-refractivity contribution < 1.29 is 14.8 Å². The third-order valence-corrected chi connectivity index (χ3v) is 3.81. The Kier molecular flexibility index (Phi) is 2.51. The smallest absolute Gasteiger partial charge is 0.404 e. The molecule has 2 atom stereocenters. The molecule has 98 valence electrons. The fraction of sp³-hybridized carbons (Fsp3) is 0.308. The Bertz CT molecular complexity index is 609. The predicted molar refractivity (Wildman–Crippen MR) is 67.2 cm³/mol. The van der Waals surface area contributed by atoms with Crippen LogP contribution in [0.5, 0.6) is 0 Å². The minimum Gasteiger partial charge on any atom is -0.465 e. The van der Waals surface area contributed by atoms with Gasteiger partial charge >= 0.3 is 6.09 Å². The number of fused-ring (bicyclic) bond motifs is 5. The third kappa shape index (κ3) is 1.76. The van der Waals surface area contributed by atoms with E-state index in [1.807, 2.05) is 6.08 Å². The van der Waals surface area contributed by atoms with Crippen molar-refractivity contribution in [3.8, 4) is 0 Å². The first-order valence-electron chi connectivity index (χ1n) is 6.03. The molecule has 2 aliphatic rings. The number of rotatable bonds is 3. The number of nitrogens with one attached hydrogen (secondary N) is 1. The van der Waals surface area contributed by atoms with Crippen LogP contribution < -0.4 is 5.32 Å². The minimum absolute atomic E-state index is 0.102. The number of carboxylic acid groups (broad SMARTS) is 1. The lowest BCUT2D eigenvalue weighted by molar-refractivity contribution is -0.385. The molecule has 6 nitrogen and oxygen atoms in total. The summed E-state index contributed by atoms with van der Waals surface area (Å²) in [5, 5.41) is 22.1. The molecular weight excluding hydrogens is 248 g/mol. The third-order valence-electron chi connectivity index (χ3n) is 3.81. The van der Waals surface area contributed by atoms with Crippen molar-refractivity contribution in [2.45, 2.75) is 24.8 Å². The molecule has 2 aliphatic carbocycles. The van der Waals surface area contributed by atoms with Crippen LogP contribution in [0, 0.1) is 10.1 Å². The summed E-state index contributed by atoms with van der Waals surface area (Å²) in [5.74, 6) is 0.288. The maximum atomic E-state index is 11.1. The number of hydrogen-bond acceptors (Lipinski definition) is 3. The first kappa shape index (κ1) is 11.7. The van der Waals surface area contributed by atoms with Crippen molar-refractivity contribution in [3.63, 3.8) is 0 Å². The summed E-state index contributed by atoms with van der Waals surface area (Å²) in [5.41, 5.74) is 2.68. The maximum absolute atomic E-state index is 11.1. The number of nitro groups is 1. The minimum atomic E-state index is -1.09. The van der Waals surface area contributed by atoms with E-state index in [-0.39, 0.29) is 29.0 Å². The van der Waals surface area contributed by atoms with Gasteiger partial charge in [0.25, 0.3) is 5.69 Å². The molecule has 6 heteroatoms. The van der Waals surface area contributed by atoms with Crippen LogP contribution in [-0.4, -0.2) is 16.1 Å². The van der Waals surface area contributed by atoms with E-state index in [4.69, 9.17) is 5.11 Å². The normalized spacial score (nSPS) is 22.3. The zero-order chi connectivity index (χ0) is 13.6. The zero-order valence-corrected chi connectivity index (χ0v) is 10.00. The summed E-state index contributed by atoms with van der Waals surface area (Å²) < 4.78 is 0. The number of hydrogen-bond donors (Lipinski definition) is 2. The van der Waals surface area contributed by atoms with Crippen molar-refractivity contribution in [1.29, 1.82) is 0 Å². The van der Waals surface area contributed by atoms with Gasteiger partial charge in [0.2, 0.25) is 0 Å². The quantitative estimate of drug-likeness (QED) is 0.496. The lowest BCUT2D eigenvalue weighted by Gasteiger charge is -2.15. The number of allylic oxidation sites excluding steroid dienone is 2. The zero-order valence-electron chi connectivity index (χ0n) is 10.00. The predicted octanol–water partition coefficient (Wildman–Crippen LogP) is 2.50. The van der Waals surface area contributed by atoms with Gasteiger partial charge in [-0.05, 0) is 17.5 Å². The van der Waals surface area contributed by atoms with Crippen LogP contribution >= 0.6 is 0 Å². The molecule has 1 amide bonds. The molecule has 2 unspecified atom stereocenters. The summed E-state index contributed by atoms with van der Waals surface area (Å²) >= 11 is 0. The Morgan fingerprint density at radius 3 is 2.68 bits per heavy atom. The first-order valence-corrected chi connectivity index (χ1v) is 6.03. The number of carbonyl (C=O) groups is 1. The Morgan fingerprint density at radius 2 is 2.05 bits per heavy atom. The molecule has 3 rings (SSSR count). The molecule has 0 fully saturated rings. The Morgan fingerprint density at radius 1 is 1.37 bits per heavy atom. The Hall–Kier alpha value is -2.37. The second-order valence-corrected chi connectivity index (χ2v) is 4.82. The number of benzene rings is 1. The first-order chi connectivity index (χ1) is 9.08. The van der Waals surface area contributed by atoms with Crippen LogP contribution in [0.25, 0.3) is 0 Å². The van der Waals surface area contributed by atoms with Gasteiger partial charge in [0.15, 0.2) is 0 Å². The standard InChI is InChI=1S/C13H12N2O4/c16-13(17)14-6-9-3-4-10(15(18)19)12-8-2-1-7(5-8)11(9)12/h1-4,7-8,14H,5-6H2,(H,16,17). The topological polar surface area (TPSA) is 92.5 Å². The van der Waals surface area contributed by atoms with Gasteiger partial charge in [0, 0.05) is 30.0 Å². The van der Waals surface area contributed by atoms with E-state index >= 15 is 0 Å². The van der Waals surface area contributed by atoms with E-state index in [1.165, 1.54) is 6.07 Å². The van der Waals surface area contributed by atoms with Crippen LogP contribution in [0.4, 0.5) is 10.5 Å². The number of nitrogens with zero attached hydrogens (tertiary/aromatic N) is 1. The van der Waals surface area contributed by atoms with Crippen molar-refractivity contribution in [1.82, 2.24) is 5.32 Å². The highest BCUT2D eigenvalue weighted by Crippen LogP contribution is 2.52. The van der Waals surface area contributed by atoms with E-state index in [0.717, 1.165) is 23.1 Å². The van der Waals surface area contributed by atoms with Crippen molar-refractivity contribution in [2.24, 2.45) is 0 Å².